The molecule has 1 atom stereocenters. The van der Waals surface area contributed by atoms with Crippen LogP contribution in [-0.2, 0) is 20.9 Å². The fourth-order valence-electron chi connectivity index (χ4n) is 3.17. The summed E-state index contributed by atoms with van der Waals surface area (Å²) in [6.07, 6.45) is -1.68. The fourth-order valence-corrected chi connectivity index (χ4v) is 3.17. The summed E-state index contributed by atoms with van der Waals surface area (Å²) in [5.74, 6) is -12.4. The van der Waals surface area contributed by atoms with E-state index in [0.29, 0.717) is 0 Å². The average Bonchev–Trinajstić information content (AvgIpc) is 2.91. The molecule has 0 aliphatic heterocycles. The zero-order chi connectivity index (χ0) is 28.5. The molecule has 9 nitrogen and oxygen atoms in total. The number of carbonyl (C=O) groups excluding carboxylic acids is 3. The smallest absolute Gasteiger partial charge is 0.411 e. The van der Waals surface area contributed by atoms with Gasteiger partial charge < -0.3 is 19.9 Å². The maximum Gasteiger partial charge on any atom is 0.411 e. The molecule has 0 radical (unpaired) electrons. The van der Waals surface area contributed by atoms with Crippen LogP contribution in [0.2, 0.25) is 0 Å². The lowest BCUT2D eigenvalue weighted by atomic mass is 10.1. The van der Waals surface area contributed by atoms with E-state index >= 15 is 0 Å². The minimum Gasteiger partial charge on any atom is -0.481 e. The molecule has 2 amide bonds. The lowest BCUT2D eigenvalue weighted by molar-refractivity contribution is -0.139. The molecule has 0 aliphatic rings. The van der Waals surface area contributed by atoms with Gasteiger partial charge in [0.1, 0.15) is 19.3 Å². The van der Waals surface area contributed by atoms with Crippen molar-refractivity contribution in [3.05, 3.63) is 95.1 Å². The third-order valence-electron chi connectivity index (χ3n) is 5.11. The fraction of sp³-hybridized carbons (Fsp3) is 0.154. The van der Waals surface area contributed by atoms with E-state index in [2.05, 4.69) is 15.4 Å². The highest BCUT2D eigenvalue weighted by Gasteiger charge is 2.27. The van der Waals surface area contributed by atoms with Crippen molar-refractivity contribution in [3.8, 4) is 5.75 Å². The highest BCUT2D eigenvalue weighted by molar-refractivity contribution is 5.99. The number of benzene rings is 3. The number of amides is 2. The molecule has 0 heterocycles. The largest absolute Gasteiger partial charge is 0.481 e. The van der Waals surface area contributed by atoms with Crippen LogP contribution in [0.15, 0.2) is 60.7 Å². The number of aliphatic carboxylic acids is 1. The number of carbonyl (C=O) groups is 4. The Morgan fingerprint density at radius 2 is 1.49 bits per heavy atom. The van der Waals surface area contributed by atoms with Crippen molar-refractivity contribution in [3.63, 3.8) is 0 Å². The lowest BCUT2D eigenvalue weighted by Gasteiger charge is -2.17. The number of anilines is 1. The van der Waals surface area contributed by atoms with Crippen LogP contribution in [0.25, 0.3) is 0 Å². The van der Waals surface area contributed by atoms with Gasteiger partial charge in [-0.1, -0.05) is 30.3 Å². The Balaban J connectivity index is 1.60. The molecular formula is C26H20F4N2O7. The van der Waals surface area contributed by atoms with Crippen LogP contribution in [0.4, 0.5) is 28.0 Å². The first kappa shape index (κ1) is 28.6. The number of rotatable bonds is 11. The molecule has 39 heavy (non-hydrogen) atoms. The van der Waals surface area contributed by atoms with Crippen LogP contribution < -0.4 is 15.4 Å². The summed E-state index contributed by atoms with van der Waals surface area (Å²) in [5.41, 5.74) is 1.00. The number of halogens is 4. The van der Waals surface area contributed by atoms with E-state index in [1.807, 2.05) is 6.07 Å². The van der Waals surface area contributed by atoms with Crippen LogP contribution in [0.3, 0.4) is 0 Å². The van der Waals surface area contributed by atoms with Crippen molar-refractivity contribution in [2.45, 2.75) is 19.1 Å². The minimum atomic E-state index is -1.89. The monoisotopic (exact) mass is 548 g/mol. The van der Waals surface area contributed by atoms with E-state index in [4.69, 9.17) is 9.84 Å². The van der Waals surface area contributed by atoms with Crippen LogP contribution >= 0.6 is 0 Å². The first-order valence-electron chi connectivity index (χ1n) is 11.1. The summed E-state index contributed by atoms with van der Waals surface area (Å²) in [4.78, 5) is 48.2. The first-order chi connectivity index (χ1) is 18.5. The van der Waals surface area contributed by atoms with E-state index in [1.165, 1.54) is 24.3 Å². The second kappa shape index (κ2) is 13.0. The van der Waals surface area contributed by atoms with E-state index in [0.717, 1.165) is 5.56 Å². The van der Waals surface area contributed by atoms with E-state index in [9.17, 15) is 36.7 Å². The summed E-state index contributed by atoms with van der Waals surface area (Å²) >= 11 is 0. The molecule has 13 heteroatoms. The summed E-state index contributed by atoms with van der Waals surface area (Å²) in [7, 11) is 0. The van der Waals surface area contributed by atoms with Gasteiger partial charge in [-0.2, -0.15) is 8.78 Å². The van der Waals surface area contributed by atoms with Gasteiger partial charge in [-0.3, -0.25) is 19.7 Å². The maximum atomic E-state index is 13.8. The summed E-state index contributed by atoms with van der Waals surface area (Å²) < 4.78 is 63.8. The zero-order valence-electron chi connectivity index (χ0n) is 19.9. The average molecular weight is 548 g/mol. The maximum absolute atomic E-state index is 13.8. The van der Waals surface area contributed by atoms with Crippen molar-refractivity contribution in [2.24, 2.45) is 0 Å². The van der Waals surface area contributed by atoms with Crippen LogP contribution in [-0.4, -0.2) is 41.5 Å². The van der Waals surface area contributed by atoms with Gasteiger partial charge in [0.25, 0.3) is 5.91 Å². The second-order valence-electron chi connectivity index (χ2n) is 7.94. The number of hydrogen-bond donors (Lipinski definition) is 3. The molecule has 0 spiro atoms. The molecule has 0 aromatic heterocycles. The number of ether oxygens (including phenoxy) is 2. The quantitative estimate of drug-likeness (QED) is 0.242. The Morgan fingerprint density at radius 3 is 2.08 bits per heavy atom. The Hall–Kier alpha value is -4.94. The molecule has 0 aliphatic carbocycles. The van der Waals surface area contributed by atoms with Gasteiger partial charge in [0.2, 0.25) is 11.6 Å². The van der Waals surface area contributed by atoms with Gasteiger partial charge in [-0.25, -0.2) is 13.6 Å². The molecule has 3 aromatic carbocycles. The summed E-state index contributed by atoms with van der Waals surface area (Å²) in [6.45, 7) is -1.17. The molecular weight excluding hydrogens is 528 g/mol. The summed E-state index contributed by atoms with van der Waals surface area (Å²) in [5, 5.41) is 13.7. The molecule has 0 bridgehead atoms. The van der Waals surface area contributed by atoms with Gasteiger partial charge in [-0.05, 0) is 29.8 Å². The van der Waals surface area contributed by atoms with Crippen molar-refractivity contribution in [1.29, 1.82) is 0 Å². The van der Waals surface area contributed by atoms with Gasteiger partial charge >= 0.3 is 12.1 Å². The number of hydrogen-bond acceptors (Lipinski definition) is 6. The minimum absolute atomic E-state index is 0.0311. The molecule has 0 saturated carbocycles. The van der Waals surface area contributed by atoms with Crippen molar-refractivity contribution in [1.82, 2.24) is 5.32 Å². The van der Waals surface area contributed by atoms with Crippen molar-refractivity contribution < 1.29 is 51.3 Å². The first-order valence-corrected chi connectivity index (χ1v) is 11.1. The number of carboxylic acid groups (broad SMARTS) is 1. The van der Waals surface area contributed by atoms with Crippen molar-refractivity contribution in [2.75, 3.05) is 11.9 Å². The molecule has 3 N–H and O–H groups in total. The van der Waals surface area contributed by atoms with Gasteiger partial charge in [0.15, 0.2) is 23.2 Å². The van der Waals surface area contributed by atoms with Crippen LogP contribution in [0, 0.1) is 23.3 Å². The van der Waals surface area contributed by atoms with Crippen molar-refractivity contribution >= 4 is 29.4 Å². The molecule has 204 valence electrons. The van der Waals surface area contributed by atoms with E-state index in [1.54, 1.807) is 24.3 Å². The zero-order valence-corrected chi connectivity index (χ0v) is 19.9. The van der Waals surface area contributed by atoms with E-state index < -0.39 is 71.8 Å². The highest BCUT2D eigenvalue weighted by atomic mass is 19.2. The molecule has 3 aromatic rings. The second-order valence-corrected chi connectivity index (χ2v) is 7.94. The SMILES string of the molecule is O=C(O)C[C@H](NC(=O)c1ccc(NC(=O)OCc2ccccc2)cc1)C(=O)COc1c(F)c(F)cc(F)c1F. The van der Waals surface area contributed by atoms with Gasteiger partial charge in [0.05, 0.1) is 6.42 Å². The number of ketones is 1. The van der Waals surface area contributed by atoms with Gasteiger partial charge in [0, 0.05) is 17.3 Å². The topological polar surface area (TPSA) is 131 Å². The standard InChI is InChI=1S/C26H20F4N2O7/c27-17-10-18(28)23(30)24(22(17)29)38-13-20(33)19(11-21(34)35)32-25(36)15-6-8-16(9-7-15)31-26(37)39-12-14-4-2-1-3-5-14/h1-10,19H,11-13H2,(H,31,37)(H,32,36)(H,34,35)/t19-/m0/s1. The molecule has 0 saturated heterocycles. The number of nitrogens with one attached hydrogen (secondary N) is 2. The Morgan fingerprint density at radius 1 is 0.872 bits per heavy atom. The third kappa shape index (κ3) is 8.02. The van der Waals surface area contributed by atoms with Crippen LogP contribution in [0.1, 0.15) is 22.3 Å². The Bertz CT molecular complexity index is 1340. The lowest BCUT2D eigenvalue weighted by Crippen LogP contribution is -2.44. The van der Waals surface area contributed by atoms with E-state index in [-0.39, 0.29) is 23.9 Å². The highest BCUT2D eigenvalue weighted by Crippen LogP contribution is 2.26. The number of carboxylic acids is 1. The molecule has 3 rings (SSSR count). The number of Topliss-reactive ketones (excluding diaryl/α,β-unsaturated/α-hetero) is 1. The normalized spacial score (nSPS) is 11.3. The predicted molar refractivity (Wildman–Crippen MR) is 127 cm³/mol. The third-order valence-corrected chi connectivity index (χ3v) is 5.11. The van der Waals surface area contributed by atoms with Gasteiger partial charge in [-0.15, -0.1) is 0 Å². The molecule has 0 unspecified atom stereocenters. The Labute approximate surface area is 218 Å². The Kier molecular flexibility index (Phi) is 9.57. The molecule has 0 fully saturated rings. The predicted octanol–water partition coefficient (Wildman–Crippen LogP) is 4.21. The summed E-state index contributed by atoms with van der Waals surface area (Å²) in [6, 6.07) is 12.4. The van der Waals surface area contributed by atoms with Crippen LogP contribution in [0.5, 0.6) is 5.75 Å².